The van der Waals surface area contributed by atoms with Crippen molar-refractivity contribution in [1.29, 1.82) is 0 Å². The van der Waals surface area contributed by atoms with Gasteiger partial charge in [-0.1, -0.05) is 84.0 Å². The number of nitrogens with one attached hydrogen (secondary N) is 1. The van der Waals surface area contributed by atoms with Gasteiger partial charge in [0.15, 0.2) is 0 Å². The van der Waals surface area contributed by atoms with E-state index in [4.69, 9.17) is 9.15 Å². The summed E-state index contributed by atoms with van der Waals surface area (Å²) >= 11 is 0. The lowest BCUT2D eigenvalue weighted by molar-refractivity contribution is 0.191. The van der Waals surface area contributed by atoms with E-state index in [9.17, 15) is 0 Å². The van der Waals surface area contributed by atoms with Crippen molar-refractivity contribution < 1.29 is 9.15 Å². The van der Waals surface area contributed by atoms with Crippen molar-refractivity contribution >= 4 is 5.90 Å². The molecule has 0 radical (unpaired) electrons. The highest BCUT2D eigenvalue weighted by Gasteiger charge is 2.24. The molecule has 184 valence electrons. The Morgan fingerprint density at radius 3 is 1.83 bits per heavy atom. The van der Waals surface area contributed by atoms with Gasteiger partial charge in [0.25, 0.3) is 0 Å². The van der Waals surface area contributed by atoms with Gasteiger partial charge in [-0.2, -0.15) is 0 Å². The van der Waals surface area contributed by atoms with E-state index in [1.807, 2.05) is 36.4 Å². The quantitative estimate of drug-likeness (QED) is 0.341. The fourth-order valence-electron chi connectivity index (χ4n) is 4.07. The third-order valence-electron chi connectivity index (χ3n) is 6.37. The van der Waals surface area contributed by atoms with Crippen molar-refractivity contribution in [2.24, 2.45) is 5.10 Å². The van der Waals surface area contributed by atoms with Crippen LogP contribution in [0.3, 0.4) is 0 Å². The largest absolute Gasteiger partial charge is 0.446 e. The standard InChI is InChI=1S/C30H32N4O2/c1-29(2,3)23-14-10-19(11-15-23)25-31-33-27(35-25)21-8-7-9-22(18-21)28-34-32-26(36-28)20-12-16-24(17-13-20)30(4,5)6/h7-18,25,31H,1-6H3. The fraction of sp³-hybridized carbons (Fsp3) is 0.300. The lowest BCUT2D eigenvalue weighted by Gasteiger charge is -2.20. The van der Waals surface area contributed by atoms with Gasteiger partial charge in [0.2, 0.25) is 23.9 Å². The van der Waals surface area contributed by atoms with Crippen molar-refractivity contribution in [3.05, 3.63) is 95.1 Å². The molecule has 1 N–H and O–H groups in total. The number of ether oxygens (including phenoxy) is 1. The third kappa shape index (κ3) is 4.89. The van der Waals surface area contributed by atoms with Crippen LogP contribution in [0.5, 0.6) is 0 Å². The molecular weight excluding hydrogens is 448 g/mol. The van der Waals surface area contributed by atoms with Crippen LogP contribution in [-0.2, 0) is 15.6 Å². The molecule has 6 heteroatoms. The van der Waals surface area contributed by atoms with Crippen LogP contribution in [0.15, 0.2) is 82.3 Å². The minimum Gasteiger partial charge on any atom is -0.446 e. The van der Waals surface area contributed by atoms with Crippen molar-refractivity contribution in [2.75, 3.05) is 0 Å². The molecule has 0 saturated heterocycles. The molecule has 1 unspecified atom stereocenters. The second kappa shape index (κ2) is 8.94. The molecule has 36 heavy (non-hydrogen) atoms. The SMILES string of the molecule is CC(C)(C)c1ccc(-c2nnc(-c3cccc(C4=NNC(c5ccc(C(C)(C)C)cc5)O4)c3)o2)cc1. The van der Waals surface area contributed by atoms with Crippen LogP contribution in [-0.4, -0.2) is 16.1 Å². The maximum absolute atomic E-state index is 6.14. The lowest BCUT2D eigenvalue weighted by Crippen LogP contribution is -2.14. The highest BCUT2D eigenvalue weighted by molar-refractivity contribution is 5.95. The van der Waals surface area contributed by atoms with Gasteiger partial charge < -0.3 is 9.15 Å². The zero-order valence-corrected chi connectivity index (χ0v) is 21.7. The second-order valence-electron chi connectivity index (χ2n) is 11.2. The van der Waals surface area contributed by atoms with E-state index in [1.54, 1.807) is 0 Å². The summed E-state index contributed by atoms with van der Waals surface area (Å²) in [5, 5.41) is 13.0. The average molecular weight is 481 g/mol. The lowest BCUT2D eigenvalue weighted by atomic mass is 9.86. The molecule has 1 atom stereocenters. The molecule has 6 nitrogen and oxygen atoms in total. The molecular formula is C30H32N4O2. The number of hydrazone groups is 1. The minimum atomic E-state index is -0.330. The Bertz CT molecular complexity index is 1390. The molecule has 3 aromatic carbocycles. The monoisotopic (exact) mass is 480 g/mol. The molecule has 1 aromatic heterocycles. The van der Waals surface area contributed by atoms with E-state index < -0.39 is 0 Å². The normalized spacial score (nSPS) is 15.8. The van der Waals surface area contributed by atoms with Gasteiger partial charge in [0.05, 0.1) is 0 Å². The minimum absolute atomic E-state index is 0.0910. The van der Waals surface area contributed by atoms with Crippen molar-refractivity contribution in [3.63, 3.8) is 0 Å². The van der Waals surface area contributed by atoms with E-state index in [1.165, 1.54) is 11.1 Å². The summed E-state index contributed by atoms with van der Waals surface area (Å²) in [5.41, 5.74) is 9.39. The van der Waals surface area contributed by atoms with Gasteiger partial charge in [0.1, 0.15) is 0 Å². The Morgan fingerprint density at radius 2 is 1.22 bits per heavy atom. The molecule has 0 fully saturated rings. The Balaban J connectivity index is 1.31. The zero-order chi connectivity index (χ0) is 25.5. The van der Waals surface area contributed by atoms with Crippen molar-refractivity contribution in [1.82, 2.24) is 15.6 Å². The third-order valence-corrected chi connectivity index (χ3v) is 6.37. The van der Waals surface area contributed by atoms with Crippen molar-refractivity contribution in [2.45, 2.75) is 58.6 Å². The number of hydrogen-bond donors (Lipinski definition) is 1. The molecule has 0 bridgehead atoms. The summed E-state index contributed by atoms with van der Waals surface area (Å²) in [6.45, 7) is 13.2. The first kappa shape index (κ1) is 23.8. The van der Waals surface area contributed by atoms with Crippen LogP contribution in [0.25, 0.3) is 22.9 Å². The number of benzene rings is 3. The summed E-state index contributed by atoms with van der Waals surface area (Å²) in [6.07, 6.45) is -0.330. The van der Waals surface area contributed by atoms with Crippen LogP contribution in [0.2, 0.25) is 0 Å². The summed E-state index contributed by atoms with van der Waals surface area (Å²) < 4.78 is 12.1. The molecule has 5 rings (SSSR count). The number of nitrogens with zero attached hydrogens (tertiary/aromatic N) is 3. The number of rotatable bonds is 4. The van der Waals surface area contributed by atoms with Crippen LogP contribution in [0.4, 0.5) is 0 Å². The molecule has 1 aliphatic heterocycles. The van der Waals surface area contributed by atoms with Gasteiger partial charge in [-0.15, -0.1) is 15.3 Å². The van der Waals surface area contributed by atoms with E-state index in [0.717, 1.165) is 22.3 Å². The van der Waals surface area contributed by atoms with Crippen LogP contribution >= 0.6 is 0 Å². The number of hydrogen-bond acceptors (Lipinski definition) is 6. The Morgan fingerprint density at radius 1 is 0.667 bits per heavy atom. The topological polar surface area (TPSA) is 72.5 Å². The molecule has 2 heterocycles. The van der Waals surface area contributed by atoms with Gasteiger partial charge in [-0.3, -0.25) is 5.43 Å². The van der Waals surface area contributed by atoms with E-state index in [-0.39, 0.29) is 17.1 Å². The maximum atomic E-state index is 6.14. The zero-order valence-electron chi connectivity index (χ0n) is 21.7. The molecule has 4 aromatic rings. The Labute approximate surface area is 212 Å². The first-order valence-electron chi connectivity index (χ1n) is 12.2. The average Bonchev–Trinajstić information content (AvgIpc) is 3.54. The van der Waals surface area contributed by atoms with E-state index in [2.05, 4.69) is 98.7 Å². The van der Waals surface area contributed by atoms with Crippen LogP contribution in [0, 0.1) is 0 Å². The first-order valence-corrected chi connectivity index (χ1v) is 12.2. The van der Waals surface area contributed by atoms with Gasteiger partial charge in [-0.25, -0.2) is 0 Å². The molecule has 1 aliphatic rings. The van der Waals surface area contributed by atoms with Gasteiger partial charge >= 0.3 is 0 Å². The van der Waals surface area contributed by atoms with E-state index in [0.29, 0.717) is 17.7 Å². The van der Waals surface area contributed by atoms with Gasteiger partial charge in [-0.05, 0) is 52.3 Å². The first-order chi connectivity index (χ1) is 17.1. The molecule has 0 aliphatic carbocycles. The summed E-state index contributed by atoms with van der Waals surface area (Å²) in [7, 11) is 0. The predicted octanol–water partition coefficient (Wildman–Crippen LogP) is 6.98. The molecule has 0 spiro atoms. The second-order valence-corrected chi connectivity index (χ2v) is 11.2. The number of aromatic nitrogens is 2. The maximum Gasteiger partial charge on any atom is 0.248 e. The summed E-state index contributed by atoms with van der Waals surface area (Å²) in [5.74, 6) is 1.47. The molecule has 0 amide bonds. The van der Waals surface area contributed by atoms with Crippen LogP contribution in [0.1, 0.15) is 70.0 Å². The fourth-order valence-corrected chi connectivity index (χ4v) is 4.07. The van der Waals surface area contributed by atoms with Gasteiger partial charge in [0, 0.05) is 22.3 Å². The predicted molar refractivity (Wildman–Crippen MR) is 143 cm³/mol. The summed E-state index contributed by atoms with van der Waals surface area (Å²) in [6, 6.07) is 24.5. The Kier molecular flexibility index (Phi) is 5.91. The highest BCUT2D eigenvalue weighted by Crippen LogP contribution is 2.30. The molecule has 0 saturated carbocycles. The van der Waals surface area contributed by atoms with Crippen molar-refractivity contribution in [3.8, 4) is 22.9 Å². The summed E-state index contributed by atoms with van der Waals surface area (Å²) in [4.78, 5) is 0. The highest BCUT2D eigenvalue weighted by atomic mass is 16.5. The van der Waals surface area contributed by atoms with Crippen LogP contribution < -0.4 is 5.43 Å². The van der Waals surface area contributed by atoms with E-state index >= 15 is 0 Å². The smallest absolute Gasteiger partial charge is 0.248 e. The Hall–Kier alpha value is -3.93.